The number of hydrogen-bond donors (Lipinski definition) is 2. The molecule has 0 spiro atoms. The molecule has 0 amide bonds. The highest BCUT2D eigenvalue weighted by molar-refractivity contribution is 7.80. The highest BCUT2D eigenvalue weighted by Gasteiger charge is 2.15. The lowest BCUT2D eigenvalue weighted by atomic mass is 10.0. The van der Waals surface area contributed by atoms with Gasteiger partial charge < -0.3 is 20.1 Å². The summed E-state index contributed by atoms with van der Waals surface area (Å²) in [5.41, 5.74) is 4.36. The van der Waals surface area contributed by atoms with E-state index in [0.29, 0.717) is 29.5 Å². The van der Waals surface area contributed by atoms with Crippen molar-refractivity contribution in [3.8, 4) is 0 Å². The van der Waals surface area contributed by atoms with Gasteiger partial charge in [-0.3, -0.25) is 4.79 Å². The third-order valence-electron chi connectivity index (χ3n) is 5.95. The number of aromatic amines is 1. The Morgan fingerprint density at radius 1 is 1.06 bits per heavy atom. The van der Waals surface area contributed by atoms with Gasteiger partial charge in [0.25, 0.3) is 5.56 Å². The lowest BCUT2D eigenvalue weighted by Crippen LogP contribution is -2.41. The Kier molecular flexibility index (Phi) is 7.99. The summed E-state index contributed by atoms with van der Waals surface area (Å²) in [5, 5.41) is 4.69. The van der Waals surface area contributed by atoms with Gasteiger partial charge in [-0.2, -0.15) is 0 Å². The van der Waals surface area contributed by atoms with Crippen molar-refractivity contribution >= 4 is 33.9 Å². The molecule has 0 bridgehead atoms. The van der Waals surface area contributed by atoms with Gasteiger partial charge in [-0.1, -0.05) is 26.0 Å². The highest BCUT2D eigenvalue weighted by Crippen LogP contribution is 2.19. The SMILES string of the molecule is CCN(CC)CCN(Cc1cc2ccc(C)c(C)c2[nH]c1=O)C(=S)Nc1ccc(F)cc1. The molecule has 0 saturated heterocycles. The Labute approximate surface area is 194 Å². The van der Waals surface area contributed by atoms with Crippen LogP contribution in [0.5, 0.6) is 0 Å². The number of likely N-dealkylation sites (N-methyl/N-ethyl adjacent to an activating group) is 1. The minimum atomic E-state index is -0.298. The Bertz CT molecular complexity index is 1140. The van der Waals surface area contributed by atoms with E-state index in [1.54, 1.807) is 12.1 Å². The van der Waals surface area contributed by atoms with Crippen molar-refractivity contribution in [1.82, 2.24) is 14.8 Å². The molecule has 170 valence electrons. The quantitative estimate of drug-likeness (QED) is 0.478. The fourth-order valence-corrected chi connectivity index (χ4v) is 3.96. The molecule has 7 heteroatoms. The number of nitrogens with zero attached hydrogens (tertiary/aromatic N) is 2. The van der Waals surface area contributed by atoms with Gasteiger partial charge in [-0.05, 0) is 86.0 Å². The van der Waals surface area contributed by atoms with Crippen molar-refractivity contribution in [1.29, 1.82) is 0 Å². The smallest absolute Gasteiger partial charge is 0.253 e. The second-order valence-corrected chi connectivity index (χ2v) is 8.37. The number of halogens is 1. The van der Waals surface area contributed by atoms with Gasteiger partial charge in [-0.25, -0.2) is 4.39 Å². The van der Waals surface area contributed by atoms with E-state index in [4.69, 9.17) is 12.2 Å². The third-order valence-corrected chi connectivity index (χ3v) is 6.31. The molecule has 0 saturated carbocycles. The average molecular weight is 455 g/mol. The molecule has 0 aliphatic rings. The van der Waals surface area contributed by atoms with Crippen LogP contribution in [0.3, 0.4) is 0 Å². The summed E-state index contributed by atoms with van der Waals surface area (Å²) in [7, 11) is 0. The molecular formula is C25H31FN4OS. The summed E-state index contributed by atoms with van der Waals surface area (Å²) in [5.74, 6) is -0.298. The zero-order valence-corrected chi connectivity index (χ0v) is 20.0. The minimum absolute atomic E-state index is 0.108. The maximum Gasteiger partial charge on any atom is 0.253 e. The Morgan fingerprint density at radius 2 is 1.75 bits per heavy atom. The van der Waals surface area contributed by atoms with Crippen molar-refractivity contribution in [2.45, 2.75) is 34.2 Å². The first-order valence-corrected chi connectivity index (χ1v) is 11.4. The van der Waals surface area contributed by atoms with Crippen LogP contribution in [0, 0.1) is 19.7 Å². The second-order valence-electron chi connectivity index (χ2n) is 7.98. The van der Waals surface area contributed by atoms with Gasteiger partial charge in [0.2, 0.25) is 0 Å². The minimum Gasteiger partial charge on any atom is -0.343 e. The molecule has 0 atom stereocenters. The molecule has 0 aliphatic heterocycles. The summed E-state index contributed by atoms with van der Waals surface area (Å²) in [4.78, 5) is 20.3. The number of aromatic nitrogens is 1. The van der Waals surface area contributed by atoms with Crippen molar-refractivity contribution in [2.24, 2.45) is 0 Å². The third kappa shape index (κ3) is 5.72. The van der Waals surface area contributed by atoms with Crippen molar-refractivity contribution in [3.63, 3.8) is 0 Å². The average Bonchev–Trinajstić information content (AvgIpc) is 2.78. The van der Waals surface area contributed by atoms with E-state index in [-0.39, 0.29) is 11.4 Å². The summed E-state index contributed by atoms with van der Waals surface area (Å²) in [6, 6.07) is 12.1. The number of thiocarbonyl (C=S) groups is 1. The molecule has 5 nitrogen and oxygen atoms in total. The summed E-state index contributed by atoms with van der Waals surface area (Å²) >= 11 is 5.68. The van der Waals surface area contributed by atoms with Crippen LogP contribution in [0.15, 0.2) is 47.3 Å². The van der Waals surface area contributed by atoms with E-state index in [9.17, 15) is 9.18 Å². The maximum absolute atomic E-state index is 13.3. The Morgan fingerprint density at radius 3 is 2.41 bits per heavy atom. The number of H-pyrrole nitrogens is 1. The molecule has 32 heavy (non-hydrogen) atoms. The number of hydrogen-bond acceptors (Lipinski definition) is 3. The van der Waals surface area contributed by atoms with E-state index < -0.39 is 0 Å². The van der Waals surface area contributed by atoms with E-state index in [1.165, 1.54) is 12.1 Å². The molecule has 3 aromatic rings. The van der Waals surface area contributed by atoms with Gasteiger partial charge in [0, 0.05) is 24.3 Å². The summed E-state index contributed by atoms with van der Waals surface area (Å²) < 4.78 is 13.3. The van der Waals surface area contributed by atoms with Gasteiger partial charge in [0.15, 0.2) is 5.11 Å². The van der Waals surface area contributed by atoms with Crippen LogP contribution < -0.4 is 10.9 Å². The molecule has 1 aromatic heterocycles. The van der Waals surface area contributed by atoms with Crippen LogP contribution in [-0.2, 0) is 6.54 Å². The van der Waals surface area contributed by atoms with Gasteiger partial charge in [0.05, 0.1) is 12.1 Å². The normalized spacial score (nSPS) is 11.2. The van der Waals surface area contributed by atoms with Crippen LogP contribution in [0.4, 0.5) is 10.1 Å². The lowest BCUT2D eigenvalue weighted by Gasteiger charge is -2.29. The topological polar surface area (TPSA) is 51.4 Å². The summed E-state index contributed by atoms with van der Waals surface area (Å²) in [6.07, 6.45) is 0. The van der Waals surface area contributed by atoms with Gasteiger partial charge in [0.1, 0.15) is 5.82 Å². The number of pyridine rings is 1. The fraction of sp³-hybridized carbons (Fsp3) is 0.360. The molecule has 2 N–H and O–H groups in total. The van der Waals surface area contributed by atoms with Gasteiger partial charge >= 0.3 is 0 Å². The van der Waals surface area contributed by atoms with Crippen LogP contribution in [-0.4, -0.2) is 46.1 Å². The number of nitrogens with one attached hydrogen (secondary N) is 2. The molecule has 0 aliphatic carbocycles. The Hall–Kier alpha value is -2.77. The number of anilines is 1. The predicted molar refractivity (Wildman–Crippen MR) is 135 cm³/mol. The molecule has 1 heterocycles. The number of aryl methyl sites for hydroxylation is 2. The standard InChI is InChI=1S/C25H31FN4OS/c1-5-29(6-2)13-14-30(25(32)27-22-11-9-21(26)10-12-22)16-20-15-19-8-7-17(3)18(4)23(19)28-24(20)31/h7-12,15H,5-6,13-14,16H2,1-4H3,(H,27,32)(H,28,31). The maximum atomic E-state index is 13.3. The van der Waals surface area contributed by atoms with E-state index in [1.807, 2.05) is 30.9 Å². The van der Waals surface area contributed by atoms with E-state index in [2.05, 4.69) is 35.1 Å². The molecule has 0 fully saturated rings. The monoisotopic (exact) mass is 454 g/mol. The zero-order chi connectivity index (χ0) is 23.3. The molecular weight excluding hydrogens is 423 g/mol. The molecule has 0 unspecified atom stereocenters. The lowest BCUT2D eigenvalue weighted by molar-refractivity contribution is 0.266. The Balaban J connectivity index is 1.87. The van der Waals surface area contributed by atoms with Crippen molar-refractivity contribution in [2.75, 3.05) is 31.5 Å². The van der Waals surface area contributed by atoms with Crippen molar-refractivity contribution in [3.05, 3.63) is 75.3 Å². The molecule has 2 aromatic carbocycles. The van der Waals surface area contributed by atoms with Crippen LogP contribution in [0.25, 0.3) is 10.9 Å². The first kappa shape index (κ1) is 23.9. The number of rotatable bonds is 8. The van der Waals surface area contributed by atoms with Crippen LogP contribution >= 0.6 is 12.2 Å². The number of benzene rings is 2. The summed E-state index contributed by atoms with van der Waals surface area (Å²) in [6.45, 7) is 12.1. The molecule has 0 radical (unpaired) electrons. The molecule has 3 rings (SSSR count). The van der Waals surface area contributed by atoms with Crippen LogP contribution in [0.2, 0.25) is 0 Å². The first-order valence-electron chi connectivity index (χ1n) is 11.0. The highest BCUT2D eigenvalue weighted by atomic mass is 32.1. The fourth-order valence-electron chi connectivity index (χ4n) is 3.68. The van der Waals surface area contributed by atoms with Gasteiger partial charge in [-0.15, -0.1) is 0 Å². The van der Waals surface area contributed by atoms with Crippen molar-refractivity contribution < 1.29 is 4.39 Å². The van der Waals surface area contributed by atoms with E-state index in [0.717, 1.165) is 41.7 Å². The predicted octanol–water partition coefficient (Wildman–Crippen LogP) is 4.82. The zero-order valence-electron chi connectivity index (χ0n) is 19.2. The number of fused-ring (bicyclic) bond motifs is 1. The van der Waals surface area contributed by atoms with Crippen LogP contribution in [0.1, 0.15) is 30.5 Å². The first-order chi connectivity index (χ1) is 15.3. The van der Waals surface area contributed by atoms with E-state index >= 15 is 0 Å². The largest absolute Gasteiger partial charge is 0.343 e. The second kappa shape index (κ2) is 10.7.